The summed E-state index contributed by atoms with van der Waals surface area (Å²) in [6.07, 6.45) is 2.52. The van der Waals surface area contributed by atoms with Gasteiger partial charge in [-0.15, -0.1) is 0 Å². The lowest BCUT2D eigenvalue weighted by molar-refractivity contribution is -0.117. The number of benzene rings is 1. The molecule has 6 nitrogen and oxygen atoms in total. The van der Waals surface area contributed by atoms with Gasteiger partial charge in [-0.05, 0) is 50.1 Å². The third kappa shape index (κ3) is 4.70. The molecule has 118 valence electrons. The number of nitrogens with one attached hydrogen (secondary N) is 2. The highest BCUT2D eigenvalue weighted by Crippen LogP contribution is 2.23. The van der Waals surface area contributed by atoms with Crippen LogP contribution >= 0.6 is 11.8 Å². The SMILES string of the molecule is CNS(=O)(=O)c1cccc(NC(=O)[C@@H](N)CCSC)c1C. The quantitative estimate of drug-likeness (QED) is 0.690. The van der Waals surface area contributed by atoms with Gasteiger partial charge in [-0.3, -0.25) is 4.79 Å². The van der Waals surface area contributed by atoms with Gasteiger partial charge in [0, 0.05) is 5.69 Å². The maximum Gasteiger partial charge on any atom is 0.241 e. The number of hydrogen-bond donors (Lipinski definition) is 3. The Morgan fingerprint density at radius 3 is 2.67 bits per heavy atom. The predicted molar refractivity (Wildman–Crippen MR) is 87.0 cm³/mol. The molecule has 0 aliphatic rings. The Balaban J connectivity index is 2.96. The van der Waals surface area contributed by atoms with Crippen molar-refractivity contribution in [2.45, 2.75) is 24.3 Å². The largest absolute Gasteiger partial charge is 0.324 e. The summed E-state index contributed by atoms with van der Waals surface area (Å²) < 4.78 is 26.0. The molecule has 0 radical (unpaired) electrons. The number of thioether (sulfide) groups is 1. The van der Waals surface area contributed by atoms with Crippen LogP contribution in [0.4, 0.5) is 5.69 Å². The van der Waals surface area contributed by atoms with Crippen LogP contribution < -0.4 is 15.8 Å². The molecule has 0 bridgehead atoms. The van der Waals surface area contributed by atoms with Crippen molar-refractivity contribution in [1.29, 1.82) is 0 Å². The average Bonchev–Trinajstić information content (AvgIpc) is 2.46. The number of carbonyl (C=O) groups is 1. The summed E-state index contributed by atoms with van der Waals surface area (Å²) >= 11 is 1.62. The number of rotatable bonds is 7. The maximum atomic E-state index is 12.0. The minimum absolute atomic E-state index is 0.139. The van der Waals surface area contributed by atoms with E-state index in [4.69, 9.17) is 5.73 Å². The second-order valence-electron chi connectivity index (χ2n) is 4.51. The molecule has 1 aromatic carbocycles. The molecule has 0 aliphatic carbocycles. The fourth-order valence-electron chi connectivity index (χ4n) is 1.75. The third-order valence-electron chi connectivity index (χ3n) is 3.07. The summed E-state index contributed by atoms with van der Waals surface area (Å²) in [5, 5.41) is 2.69. The molecular formula is C13H21N3O3S2. The summed E-state index contributed by atoms with van der Waals surface area (Å²) in [7, 11) is -2.21. The van der Waals surface area contributed by atoms with Crippen LogP contribution in [0.5, 0.6) is 0 Å². The van der Waals surface area contributed by atoms with E-state index in [9.17, 15) is 13.2 Å². The lowest BCUT2D eigenvalue weighted by Gasteiger charge is -2.15. The highest BCUT2D eigenvalue weighted by Gasteiger charge is 2.19. The minimum Gasteiger partial charge on any atom is -0.324 e. The number of hydrogen-bond acceptors (Lipinski definition) is 5. The molecule has 0 spiro atoms. The van der Waals surface area contributed by atoms with Gasteiger partial charge in [0.15, 0.2) is 0 Å². The number of amides is 1. The van der Waals surface area contributed by atoms with E-state index in [0.717, 1.165) is 5.75 Å². The second-order valence-corrected chi connectivity index (χ2v) is 7.35. The van der Waals surface area contributed by atoms with Crippen molar-refractivity contribution < 1.29 is 13.2 Å². The van der Waals surface area contributed by atoms with Crippen LogP contribution in [0.1, 0.15) is 12.0 Å². The number of sulfonamides is 1. The van der Waals surface area contributed by atoms with Crippen LogP contribution in [0.25, 0.3) is 0 Å². The van der Waals surface area contributed by atoms with Gasteiger partial charge in [0.1, 0.15) is 0 Å². The summed E-state index contributed by atoms with van der Waals surface area (Å²) in [5.41, 5.74) is 6.73. The minimum atomic E-state index is -3.56. The molecule has 1 atom stereocenters. The fraction of sp³-hybridized carbons (Fsp3) is 0.462. The lowest BCUT2D eigenvalue weighted by Crippen LogP contribution is -2.36. The van der Waals surface area contributed by atoms with Crippen molar-refractivity contribution in [1.82, 2.24) is 4.72 Å². The molecule has 4 N–H and O–H groups in total. The Kier molecular flexibility index (Phi) is 6.66. The molecule has 8 heteroatoms. The number of carbonyl (C=O) groups excluding carboxylic acids is 1. The molecule has 0 unspecified atom stereocenters. The zero-order chi connectivity index (χ0) is 16.0. The van der Waals surface area contributed by atoms with Gasteiger partial charge in [-0.2, -0.15) is 11.8 Å². The molecule has 0 saturated carbocycles. The normalized spacial score (nSPS) is 13.0. The molecule has 1 amide bonds. The fourth-order valence-corrected chi connectivity index (χ4v) is 3.23. The van der Waals surface area contributed by atoms with Gasteiger partial charge >= 0.3 is 0 Å². The van der Waals surface area contributed by atoms with Gasteiger partial charge in [0.2, 0.25) is 15.9 Å². The first-order valence-electron chi connectivity index (χ1n) is 6.42. The molecule has 21 heavy (non-hydrogen) atoms. The van der Waals surface area contributed by atoms with E-state index in [1.165, 1.54) is 13.1 Å². The Hall–Kier alpha value is -1.09. The highest BCUT2D eigenvalue weighted by molar-refractivity contribution is 7.98. The standard InChI is InChI=1S/C13H21N3O3S2/c1-9-11(16-13(17)10(14)7-8-20-3)5-4-6-12(9)21(18,19)15-2/h4-6,10,15H,7-8,14H2,1-3H3,(H,16,17)/t10-/m0/s1. The van der Waals surface area contributed by atoms with Gasteiger partial charge in [-0.25, -0.2) is 13.1 Å². The Morgan fingerprint density at radius 1 is 1.43 bits per heavy atom. The van der Waals surface area contributed by atoms with Crippen molar-refractivity contribution >= 4 is 33.4 Å². The summed E-state index contributed by atoms with van der Waals surface area (Å²) in [5.74, 6) is 0.480. The predicted octanol–water partition coefficient (Wildman–Crippen LogP) is 0.922. The van der Waals surface area contributed by atoms with Crippen molar-refractivity contribution in [2.75, 3.05) is 24.4 Å². The third-order valence-corrected chi connectivity index (χ3v) is 5.27. The Morgan fingerprint density at radius 2 is 2.10 bits per heavy atom. The van der Waals surface area contributed by atoms with Crippen molar-refractivity contribution in [3.05, 3.63) is 23.8 Å². The first-order valence-corrected chi connectivity index (χ1v) is 9.29. The Bertz CT molecular complexity index is 603. The molecule has 0 saturated heterocycles. The molecule has 1 rings (SSSR count). The van der Waals surface area contributed by atoms with Crippen LogP contribution in [-0.2, 0) is 14.8 Å². The topological polar surface area (TPSA) is 101 Å². The molecule has 0 heterocycles. The molecule has 1 aromatic rings. The lowest BCUT2D eigenvalue weighted by atomic mass is 10.1. The summed E-state index contributed by atoms with van der Waals surface area (Å²) in [4.78, 5) is 12.1. The van der Waals surface area contributed by atoms with Crippen LogP contribution in [0.15, 0.2) is 23.1 Å². The average molecular weight is 331 g/mol. The van der Waals surface area contributed by atoms with Crippen molar-refractivity contribution in [2.24, 2.45) is 5.73 Å². The molecule has 0 fully saturated rings. The zero-order valence-electron chi connectivity index (χ0n) is 12.3. The summed E-state index contributed by atoms with van der Waals surface area (Å²) in [6, 6.07) is 4.12. The first kappa shape index (κ1) is 18.0. The van der Waals surface area contributed by atoms with Crippen molar-refractivity contribution in [3.63, 3.8) is 0 Å². The summed E-state index contributed by atoms with van der Waals surface area (Å²) in [6.45, 7) is 1.65. The maximum absolute atomic E-state index is 12.0. The van der Waals surface area contributed by atoms with E-state index in [2.05, 4.69) is 10.0 Å². The zero-order valence-corrected chi connectivity index (χ0v) is 14.0. The van der Waals surface area contributed by atoms with Crippen LogP contribution in [0, 0.1) is 6.92 Å². The van der Waals surface area contributed by atoms with Gasteiger partial charge in [0.25, 0.3) is 0 Å². The van der Waals surface area contributed by atoms with Gasteiger partial charge in [-0.1, -0.05) is 6.07 Å². The van der Waals surface area contributed by atoms with E-state index in [1.807, 2.05) is 6.26 Å². The van der Waals surface area contributed by atoms with E-state index >= 15 is 0 Å². The van der Waals surface area contributed by atoms with E-state index in [-0.39, 0.29) is 10.8 Å². The monoisotopic (exact) mass is 331 g/mol. The Labute approximate surface area is 129 Å². The first-order chi connectivity index (χ1) is 9.83. The van der Waals surface area contributed by atoms with Crippen molar-refractivity contribution in [3.8, 4) is 0 Å². The van der Waals surface area contributed by atoms with E-state index < -0.39 is 16.1 Å². The van der Waals surface area contributed by atoms with E-state index in [1.54, 1.807) is 30.8 Å². The smallest absolute Gasteiger partial charge is 0.241 e. The van der Waals surface area contributed by atoms with E-state index in [0.29, 0.717) is 17.7 Å². The van der Waals surface area contributed by atoms with Gasteiger partial charge < -0.3 is 11.1 Å². The molecular weight excluding hydrogens is 310 g/mol. The number of anilines is 1. The number of nitrogens with two attached hydrogens (primary N) is 1. The molecule has 0 aliphatic heterocycles. The van der Waals surface area contributed by atoms with Crippen LogP contribution in [0.3, 0.4) is 0 Å². The van der Waals surface area contributed by atoms with Crippen LogP contribution in [0.2, 0.25) is 0 Å². The van der Waals surface area contributed by atoms with Gasteiger partial charge in [0.05, 0.1) is 10.9 Å². The highest BCUT2D eigenvalue weighted by atomic mass is 32.2. The molecule has 0 aromatic heterocycles. The second kappa shape index (κ2) is 7.79. The van der Waals surface area contributed by atoms with Crippen LogP contribution in [-0.4, -0.2) is 39.4 Å².